The standard InChI is InChI=1S/C31H24ClF2N3O5/c1-37-11-9-19-28(30(37)39)41-21-12-16(29(35)38)24(26(34)27(21)40-19)23-17-14-31(22-8-5-10-36-22,15-6-3-2-4-7-15)42-20(17)13-18(33)25(23)32/h2-4,6-7,9,11-13,22,36H,5,8,10,14H2,1H3,(H2,35,38)/t22-,31-/m0/s1. The molecule has 3 aliphatic rings. The Labute approximate surface area is 243 Å². The molecular formula is C31H24ClF2N3O5. The Bertz CT molecular complexity index is 1860. The number of aryl methyl sites for hydroxylation is 1. The second-order valence-electron chi connectivity index (χ2n) is 10.6. The van der Waals surface area contributed by atoms with Crippen LogP contribution in [-0.4, -0.2) is 23.1 Å². The van der Waals surface area contributed by atoms with E-state index in [0.717, 1.165) is 24.9 Å². The first-order chi connectivity index (χ1) is 20.2. The minimum Gasteiger partial charge on any atom is -0.480 e. The smallest absolute Gasteiger partial charge is 0.297 e. The van der Waals surface area contributed by atoms with Gasteiger partial charge in [0.15, 0.2) is 22.9 Å². The summed E-state index contributed by atoms with van der Waals surface area (Å²) in [7, 11) is 1.52. The van der Waals surface area contributed by atoms with Crippen LogP contribution in [0.5, 0.6) is 28.7 Å². The van der Waals surface area contributed by atoms with Crippen molar-refractivity contribution in [2.24, 2.45) is 12.8 Å². The summed E-state index contributed by atoms with van der Waals surface area (Å²) in [6.45, 7) is 0.786. The number of nitrogens with zero attached hydrogens (tertiary/aromatic N) is 1. The molecule has 4 heterocycles. The zero-order valence-corrected chi connectivity index (χ0v) is 23.1. The van der Waals surface area contributed by atoms with E-state index in [1.165, 1.54) is 36.0 Å². The Morgan fingerprint density at radius 1 is 1.07 bits per heavy atom. The van der Waals surface area contributed by atoms with Gasteiger partial charge in [-0.3, -0.25) is 9.59 Å². The van der Waals surface area contributed by atoms with Gasteiger partial charge in [-0.2, -0.15) is 0 Å². The molecule has 3 aromatic carbocycles. The highest BCUT2D eigenvalue weighted by molar-refractivity contribution is 6.34. The maximum Gasteiger partial charge on any atom is 0.297 e. The van der Waals surface area contributed by atoms with Crippen molar-refractivity contribution in [3.8, 4) is 39.9 Å². The van der Waals surface area contributed by atoms with Crippen molar-refractivity contribution in [2.45, 2.75) is 30.9 Å². The van der Waals surface area contributed by atoms with Gasteiger partial charge in [0.2, 0.25) is 17.4 Å². The fraction of sp³-hybridized carbons (Fsp3) is 0.226. The molecule has 3 aliphatic heterocycles. The van der Waals surface area contributed by atoms with E-state index in [1.54, 1.807) is 0 Å². The van der Waals surface area contributed by atoms with Gasteiger partial charge in [0.25, 0.3) is 5.56 Å². The lowest BCUT2D eigenvalue weighted by Crippen LogP contribution is -2.48. The summed E-state index contributed by atoms with van der Waals surface area (Å²) in [6.07, 6.45) is 3.39. The van der Waals surface area contributed by atoms with E-state index >= 15 is 8.78 Å². The van der Waals surface area contributed by atoms with Crippen molar-refractivity contribution in [1.29, 1.82) is 0 Å². The second-order valence-corrected chi connectivity index (χ2v) is 11.0. The lowest BCUT2D eigenvalue weighted by Gasteiger charge is -2.35. The molecule has 8 nitrogen and oxygen atoms in total. The Morgan fingerprint density at radius 3 is 2.55 bits per heavy atom. The van der Waals surface area contributed by atoms with E-state index in [4.69, 9.17) is 31.5 Å². The predicted molar refractivity (Wildman–Crippen MR) is 151 cm³/mol. The Balaban J connectivity index is 1.45. The van der Waals surface area contributed by atoms with Gasteiger partial charge in [-0.15, -0.1) is 0 Å². The van der Waals surface area contributed by atoms with Gasteiger partial charge in [-0.05, 0) is 31.0 Å². The number of carbonyl (C=O) groups is 1. The third-order valence-corrected chi connectivity index (χ3v) is 8.59. The van der Waals surface area contributed by atoms with Crippen LogP contribution in [0.3, 0.4) is 0 Å². The number of halogens is 3. The lowest BCUT2D eigenvalue weighted by molar-refractivity contribution is 0.0539. The average Bonchev–Trinajstić information content (AvgIpc) is 3.66. The normalized spacial score (nSPS) is 20.1. The molecule has 1 fully saturated rings. The number of ether oxygens (including phenoxy) is 3. The van der Waals surface area contributed by atoms with Crippen LogP contribution in [0, 0.1) is 11.6 Å². The Kier molecular flexibility index (Phi) is 6.04. The molecule has 42 heavy (non-hydrogen) atoms. The highest BCUT2D eigenvalue weighted by Crippen LogP contribution is 2.55. The van der Waals surface area contributed by atoms with Crippen LogP contribution < -0.4 is 30.8 Å². The first kappa shape index (κ1) is 26.5. The number of hydrogen-bond acceptors (Lipinski definition) is 6. The third-order valence-electron chi connectivity index (χ3n) is 8.22. The molecule has 11 heteroatoms. The monoisotopic (exact) mass is 591 g/mol. The minimum absolute atomic E-state index is 0.0171. The van der Waals surface area contributed by atoms with Gasteiger partial charge in [-0.1, -0.05) is 41.9 Å². The molecule has 3 N–H and O–H groups in total. The molecule has 214 valence electrons. The Morgan fingerprint density at radius 2 is 1.83 bits per heavy atom. The van der Waals surface area contributed by atoms with Crippen LogP contribution in [0.4, 0.5) is 8.78 Å². The summed E-state index contributed by atoms with van der Waals surface area (Å²) in [5.74, 6) is -3.54. The molecule has 0 spiro atoms. The van der Waals surface area contributed by atoms with Crippen LogP contribution in [-0.2, 0) is 19.1 Å². The number of rotatable bonds is 4. The summed E-state index contributed by atoms with van der Waals surface area (Å²) in [5.41, 5.74) is 4.83. The number of primary amides is 1. The van der Waals surface area contributed by atoms with Crippen molar-refractivity contribution in [3.63, 3.8) is 0 Å². The van der Waals surface area contributed by atoms with Gasteiger partial charge in [0.1, 0.15) is 11.6 Å². The van der Waals surface area contributed by atoms with Crippen LogP contribution in [0.15, 0.2) is 59.5 Å². The molecule has 0 radical (unpaired) electrons. The zero-order valence-electron chi connectivity index (χ0n) is 22.3. The molecule has 0 bridgehead atoms. The molecule has 4 aromatic rings. The van der Waals surface area contributed by atoms with Crippen LogP contribution in [0.2, 0.25) is 5.02 Å². The number of carbonyl (C=O) groups excluding carboxylic acids is 1. The quantitative estimate of drug-likeness (QED) is 0.283. The number of benzene rings is 3. The van der Waals surface area contributed by atoms with E-state index < -0.39 is 39.5 Å². The first-order valence-electron chi connectivity index (χ1n) is 13.4. The lowest BCUT2D eigenvalue weighted by atomic mass is 9.80. The van der Waals surface area contributed by atoms with Crippen molar-refractivity contribution in [1.82, 2.24) is 9.88 Å². The summed E-state index contributed by atoms with van der Waals surface area (Å²) < 4.78 is 51.4. The summed E-state index contributed by atoms with van der Waals surface area (Å²) in [4.78, 5) is 25.4. The number of aromatic nitrogens is 1. The molecule has 1 aromatic heterocycles. The topological polar surface area (TPSA) is 105 Å². The van der Waals surface area contributed by atoms with E-state index in [-0.39, 0.29) is 52.2 Å². The fourth-order valence-electron chi connectivity index (χ4n) is 6.22. The minimum atomic E-state index is -1.04. The molecular weight excluding hydrogens is 568 g/mol. The van der Waals surface area contributed by atoms with Gasteiger partial charge >= 0.3 is 0 Å². The number of hydrogen-bond donors (Lipinski definition) is 2. The van der Waals surface area contributed by atoms with Crippen molar-refractivity contribution in [2.75, 3.05) is 6.54 Å². The first-order valence-corrected chi connectivity index (χ1v) is 13.8. The number of nitrogens with one attached hydrogen (secondary N) is 1. The van der Waals surface area contributed by atoms with Gasteiger partial charge < -0.3 is 29.8 Å². The second kappa shape index (κ2) is 9.57. The maximum absolute atomic E-state index is 16.6. The molecule has 1 amide bonds. The van der Waals surface area contributed by atoms with E-state index in [0.29, 0.717) is 5.56 Å². The SMILES string of the molecule is Cn1ccc2c(c1=O)Oc1cc(C(N)=O)c(-c3c(Cl)c(F)cc4c3C[C@](c3ccccc3)([C@@H]3CCCN3)O4)c(F)c1O2. The predicted octanol–water partition coefficient (Wildman–Crippen LogP) is 5.56. The molecule has 0 unspecified atom stereocenters. The van der Waals surface area contributed by atoms with Crippen molar-refractivity contribution >= 4 is 17.5 Å². The van der Waals surface area contributed by atoms with Crippen molar-refractivity contribution < 1.29 is 27.8 Å². The summed E-state index contributed by atoms with van der Waals surface area (Å²) in [6, 6.07) is 13.2. The highest BCUT2D eigenvalue weighted by atomic mass is 35.5. The largest absolute Gasteiger partial charge is 0.480 e. The zero-order chi connectivity index (χ0) is 29.3. The molecule has 2 atom stereocenters. The van der Waals surface area contributed by atoms with Gasteiger partial charge in [0, 0.05) is 48.5 Å². The number of pyridine rings is 1. The van der Waals surface area contributed by atoms with Crippen molar-refractivity contribution in [3.05, 3.63) is 98.4 Å². The maximum atomic E-state index is 16.6. The van der Waals surface area contributed by atoms with Crippen LogP contribution in [0.25, 0.3) is 11.1 Å². The summed E-state index contributed by atoms with van der Waals surface area (Å²) >= 11 is 6.58. The molecule has 7 rings (SSSR count). The van der Waals surface area contributed by atoms with Crippen LogP contribution in [0.1, 0.15) is 34.3 Å². The average molecular weight is 592 g/mol. The molecule has 1 saturated heterocycles. The van der Waals surface area contributed by atoms with E-state index in [2.05, 4.69) is 5.32 Å². The van der Waals surface area contributed by atoms with Crippen LogP contribution >= 0.6 is 11.6 Å². The third kappa shape index (κ3) is 3.82. The Hall–Kier alpha value is -4.41. The van der Waals surface area contributed by atoms with E-state index in [9.17, 15) is 9.59 Å². The van der Waals surface area contributed by atoms with Gasteiger partial charge in [-0.25, -0.2) is 8.78 Å². The molecule has 0 aliphatic carbocycles. The molecule has 0 saturated carbocycles. The highest BCUT2D eigenvalue weighted by Gasteiger charge is 2.50. The number of amides is 1. The fourth-order valence-corrected chi connectivity index (χ4v) is 6.49. The number of fused-ring (bicyclic) bond motifs is 3. The van der Waals surface area contributed by atoms with E-state index in [1.807, 2.05) is 30.3 Å². The summed E-state index contributed by atoms with van der Waals surface area (Å²) in [5, 5.41) is 3.10. The number of nitrogens with two attached hydrogens (primary N) is 1. The van der Waals surface area contributed by atoms with Gasteiger partial charge in [0.05, 0.1) is 16.6 Å².